The Kier molecular flexibility index (Phi) is 4.18. The minimum atomic E-state index is -5.10. The van der Waals surface area contributed by atoms with Crippen molar-refractivity contribution in [3.63, 3.8) is 0 Å². The largest absolute Gasteiger partial charge is 0.471 e. The van der Waals surface area contributed by atoms with Gasteiger partial charge in [0.25, 0.3) is 0 Å². The molecule has 98 valence electrons. The molecular formula is C9H8F3N3O3. The zero-order chi connectivity index (χ0) is 13.8. The first-order chi connectivity index (χ1) is 8.36. The number of carbonyl (C=O) groups excluding carboxylic acids is 2. The predicted octanol–water partition coefficient (Wildman–Crippen LogP) is 0.369. The van der Waals surface area contributed by atoms with Crippen molar-refractivity contribution >= 4 is 11.9 Å². The van der Waals surface area contributed by atoms with Crippen LogP contribution in [0.2, 0.25) is 0 Å². The van der Waals surface area contributed by atoms with Gasteiger partial charge in [-0.25, -0.2) is 4.79 Å². The van der Waals surface area contributed by atoms with E-state index in [1.54, 1.807) is 0 Å². The van der Waals surface area contributed by atoms with Gasteiger partial charge in [0.15, 0.2) is 6.04 Å². The van der Waals surface area contributed by atoms with E-state index in [0.29, 0.717) is 0 Å². The fraction of sp³-hybridized carbons (Fsp3) is 0.333. The molecule has 1 unspecified atom stereocenters. The van der Waals surface area contributed by atoms with Crippen molar-refractivity contribution in [1.82, 2.24) is 15.3 Å². The summed E-state index contributed by atoms with van der Waals surface area (Å²) in [6.07, 6.45) is -1.61. The molecule has 1 atom stereocenters. The fourth-order valence-corrected chi connectivity index (χ4v) is 1.04. The van der Waals surface area contributed by atoms with Crippen molar-refractivity contribution in [2.45, 2.75) is 12.2 Å². The molecule has 0 aromatic carbocycles. The van der Waals surface area contributed by atoms with Crippen LogP contribution in [0.4, 0.5) is 13.2 Å². The molecule has 0 saturated heterocycles. The Labute approximate surface area is 99.2 Å². The molecule has 1 aromatic rings. The molecule has 0 aliphatic rings. The van der Waals surface area contributed by atoms with Gasteiger partial charge in [0, 0.05) is 12.4 Å². The van der Waals surface area contributed by atoms with Crippen LogP contribution in [-0.4, -0.2) is 35.1 Å². The molecule has 1 heterocycles. The van der Waals surface area contributed by atoms with Crippen LogP contribution in [0.5, 0.6) is 0 Å². The number of esters is 1. The third-order valence-corrected chi connectivity index (χ3v) is 1.85. The average molecular weight is 263 g/mol. The molecule has 0 fully saturated rings. The second-order valence-corrected chi connectivity index (χ2v) is 3.06. The van der Waals surface area contributed by atoms with Gasteiger partial charge >= 0.3 is 18.1 Å². The molecule has 0 radical (unpaired) electrons. The SMILES string of the molecule is COC(=O)C(NC(=O)C(F)(F)F)c1cnccn1. The van der Waals surface area contributed by atoms with Gasteiger partial charge in [0.05, 0.1) is 19.0 Å². The van der Waals surface area contributed by atoms with Gasteiger partial charge in [0.1, 0.15) is 0 Å². The summed E-state index contributed by atoms with van der Waals surface area (Å²) < 4.78 is 40.6. The highest BCUT2D eigenvalue weighted by molar-refractivity contribution is 5.87. The van der Waals surface area contributed by atoms with E-state index in [-0.39, 0.29) is 5.69 Å². The lowest BCUT2D eigenvalue weighted by atomic mass is 10.2. The molecule has 0 saturated carbocycles. The maximum atomic E-state index is 12.1. The number of alkyl halides is 3. The first-order valence-electron chi connectivity index (χ1n) is 4.57. The Morgan fingerprint density at radius 3 is 2.50 bits per heavy atom. The minimum Gasteiger partial charge on any atom is -0.467 e. The van der Waals surface area contributed by atoms with Crippen LogP contribution in [-0.2, 0) is 14.3 Å². The maximum Gasteiger partial charge on any atom is 0.471 e. The number of methoxy groups -OCH3 is 1. The summed E-state index contributed by atoms with van der Waals surface area (Å²) in [6, 6.07) is -1.65. The van der Waals surface area contributed by atoms with Crippen molar-refractivity contribution in [1.29, 1.82) is 0 Å². The van der Waals surface area contributed by atoms with Crippen molar-refractivity contribution in [2.24, 2.45) is 0 Å². The highest BCUT2D eigenvalue weighted by Crippen LogP contribution is 2.18. The van der Waals surface area contributed by atoms with Crippen LogP contribution in [0.25, 0.3) is 0 Å². The predicted molar refractivity (Wildman–Crippen MR) is 51.0 cm³/mol. The number of halogens is 3. The van der Waals surface area contributed by atoms with Crippen molar-refractivity contribution in [3.8, 4) is 0 Å². The monoisotopic (exact) mass is 263 g/mol. The smallest absolute Gasteiger partial charge is 0.467 e. The molecule has 0 aliphatic heterocycles. The third kappa shape index (κ3) is 3.40. The van der Waals surface area contributed by atoms with Crippen LogP contribution in [0.3, 0.4) is 0 Å². The second kappa shape index (κ2) is 5.43. The second-order valence-electron chi connectivity index (χ2n) is 3.06. The molecular weight excluding hydrogens is 255 g/mol. The van der Waals surface area contributed by atoms with E-state index in [1.807, 2.05) is 0 Å². The summed E-state index contributed by atoms with van der Waals surface area (Å²) in [5, 5.41) is 1.48. The Morgan fingerprint density at radius 2 is 2.06 bits per heavy atom. The summed E-state index contributed by atoms with van der Waals surface area (Å²) in [6.45, 7) is 0. The Balaban J connectivity index is 2.95. The summed E-state index contributed by atoms with van der Waals surface area (Å²) in [5.41, 5.74) is -0.151. The van der Waals surface area contributed by atoms with Crippen LogP contribution in [0, 0.1) is 0 Å². The first kappa shape index (κ1) is 13.9. The molecule has 1 N–H and O–H groups in total. The normalized spacial score (nSPS) is 12.7. The van der Waals surface area contributed by atoms with E-state index in [2.05, 4.69) is 14.7 Å². The number of hydrogen-bond donors (Lipinski definition) is 1. The van der Waals surface area contributed by atoms with Gasteiger partial charge in [-0.15, -0.1) is 0 Å². The summed E-state index contributed by atoms with van der Waals surface area (Å²) in [4.78, 5) is 29.3. The summed E-state index contributed by atoms with van der Waals surface area (Å²) >= 11 is 0. The minimum absolute atomic E-state index is 0.151. The van der Waals surface area contributed by atoms with E-state index >= 15 is 0 Å². The van der Waals surface area contributed by atoms with E-state index in [0.717, 1.165) is 13.3 Å². The summed E-state index contributed by atoms with van der Waals surface area (Å²) in [5.74, 6) is -3.34. The van der Waals surface area contributed by atoms with E-state index in [4.69, 9.17) is 0 Å². The molecule has 1 amide bonds. The first-order valence-corrected chi connectivity index (χ1v) is 4.57. The standard InChI is InChI=1S/C9H8F3N3O3/c1-18-7(16)6(5-4-13-2-3-14-5)15-8(17)9(10,11)12/h2-4,6H,1H3,(H,15,17). The van der Waals surface area contributed by atoms with Gasteiger partial charge in [-0.3, -0.25) is 14.8 Å². The number of aromatic nitrogens is 2. The van der Waals surface area contributed by atoms with Gasteiger partial charge < -0.3 is 10.1 Å². The van der Waals surface area contributed by atoms with Gasteiger partial charge in [-0.2, -0.15) is 13.2 Å². The number of amides is 1. The maximum absolute atomic E-state index is 12.1. The number of nitrogens with zero attached hydrogens (tertiary/aromatic N) is 2. The number of carbonyl (C=O) groups is 2. The highest BCUT2D eigenvalue weighted by atomic mass is 19.4. The molecule has 6 nitrogen and oxygen atoms in total. The Hall–Kier alpha value is -2.19. The zero-order valence-electron chi connectivity index (χ0n) is 9.06. The van der Waals surface area contributed by atoms with Crippen LogP contribution >= 0.6 is 0 Å². The molecule has 9 heteroatoms. The lowest BCUT2D eigenvalue weighted by molar-refractivity contribution is -0.175. The van der Waals surface area contributed by atoms with Crippen LogP contribution in [0.1, 0.15) is 11.7 Å². The zero-order valence-corrected chi connectivity index (χ0v) is 9.06. The molecule has 0 spiro atoms. The lowest BCUT2D eigenvalue weighted by Crippen LogP contribution is -2.42. The van der Waals surface area contributed by atoms with Crippen LogP contribution in [0.15, 0.2) is 18.6 Å². The third-order valence-electron chi connectivity index (χ3n) is 1.85. The van der Waals surface area contributed by atoms with Crippen LogP contribution < -0.4 is 5.32 Å². The van der Waals surface area contributed by atoms with Gasteiger partial charge in [-0.1, -0.05) is 0 Å². The number of ether oxygens (including phenoxy) is 1. The molecule has 1 aromatic heterocycles. The average Bonchev–Trinajstić information content (AvgIpc) is 2.34. The van der Waals surface area contributed by atoms with Gasteiger partial charge in [-0.05, 0) is 0 Å². The fourth-order valence-electron chi connectivity index (χ4n) is 1.04. The molecule has 0 bridgehead atoms. The number of nitrogens with one attached hydrogen (secondary N) is 1. The molecule has 1 rings (SSSR count). The van der Waals surface area contributed by atoms with E-state index < -0.39 is 24.1 Å². The quantitative estimate of drug-likeness (QED) is 0.797. The number of hydrogen-bond acceptors (Lipinski definition) is 5. The van der Waals surface area contributed by atoms with Crippen molar-refractivity contribution in [2.75, 3.05) is 7.11 Å². The molecule has 0 aliphatic carbocycles. The van der Waals surface area contributed by atoms with Gasteiger partial charge in [0.2, 0.25) is 0 Å². The highest BCUT2D eigenvalue weighted by Gasteiger charge is 2.41. The lowest BCUT2D eigenvalue weighted by Gasteiger charge is -2.16. The number of rotatable bonds is 3. The van der Waals surface area contributed by atoms with E-state index in [9.17, 15) is 22.8 Å². The topological polar surface area (TPSA) is 81.2 Å². The van der Waals surface area contributed by atoms with Crippen molar-refractivity contribution in [3.05, 3.63) is 24.3 Å². The Morgan fingerprint density at radius 1 is 1.39 bits per heavy atom. The van der Waals surface area contributed by atoms with Crippen molar-refractivity contribution < 1.29 is 27.5 Å². The molecule has 18 heavy (non-hydrogen) atoms. The summed E-state index contributed by atoms with van der Waals surface area (Å²) in [7, 11) is 0.978. The Bertz CT molecular complexity index is 436. The van der Waals surface area contributed by atoms with E-state index in [1.165, 1.54) is 17.7 Å².